The van der Waals surface area contributed by atoms with Crippen LogP contribution in [0.25, 0.3) is 0 Å². The summed E-state index contributed by atoms with van der Waals surface area (Å²) >= 11 is 0. The molecule has 0 bridgehead atoms. The summed E-state index contributed by atoms with van der Waals surface area (Å²) in [5.74, 6) is 1.62. The molecule has 1 unspecified atom stereocenters. The van der Waals surface area contributed by atoms with Crippen LogP contribution in [-0.2, 0) is 4.79 Å². The van der Waals surface area contributed by atoms with E-state index < -0.39 is 0 Å². The number of ether oxygens (including phenoxy) is 2. The first-order valence-electron chi connectivity index (χ1n) is 7.30. The van der Waals surface area contributed by atoms with Crippen molar-refractivity contribution in [3.8, 4) is 11.5 Å². The molecule has 0 spiro atoms. The lowest BCUT2D eigenvalue weighted by Crippen LogP contribution is -2.33. The van der Waals surface area contributed by atoms with Crippen molar-refractivity contribution in [3.05, 3.63) is 23.8 Å². The van der Waals surface area contributed by atoms with Crippen LogP contribution < -0.4 is 9.47 Å². The number of nitrogens with zero attached hydrogens (tertiary/aromatic N) is 1. The standard InChI is InChI=1S/C16H23NO4/c1-12-3-4-14(15(9-12)20-2)21-11-16(19)17-7-5-13(10-17)6-8-18/h3-4,9,13,18H,5-8,10-11H2,1-2H3. The molecule has 1 aromatic rings. The third-order valence-corrected chi connectivity index (χ3v) is 3.85. The van der Waals surface area contributed by atoms with Gasteiger partial charge in [-0.05, 0) is 43.4 Å². The molecule has 5 nitrogen and oxygen atoms in total. The summed E-state index contributed by atoms with van der Waals surface area (Å²) in [7, 11) is 1.59. The zero-order valence-corrected chi connectivity index (χ0v) is 12.7. The van der Waals surface area contributed by atoms with E-state index in [1.807, 2.05) is 25.1 Å². The first kappa shape index (κ1) is 15.6. The van der Waals surface area contributed by atoms with Gasteiger partial charge in [-0.15, -0.1) is 0 Å². The highest BCUT2D eigenvalue weighted by Crippen LogP contribution is 2.28. The van der Waals surface area contributed by atoms with Gasteiger partial charge in [0.25, 0.3) is 5.91 Å². The fourth-order valence-electron chi connectivity index (χ4n) is 2.60. The Balaban J connectivity index is 1.87. The normalized spacial score (nSPS) is 17.9. The van der Waals surface area contributed by atoms with E-state index in [0.29, 0.717) is 24.0 Å². The minimum absolute atomic E-state index is 0.0157. The van der Waals surface area contributed by atoms with Crippen LogP contribution in [0.15, 0.2) is 18.2 Å². The van der Waals surface area contributed by atoms with E-state index in [-0.39, 0.29) is 19.1 Å². The second-order valence-corrected chi connectivity index (χ2v) is 5.45. The van der Waals surface area contributed by atoms with E-state index in [1.54, 1.807) is 12.0 Å². The molecule has 1 aliphatic heterocycles. The maximum atomic E-state index is 12.1. The van der Waals surface area contributed by atoms with E-state index in [1.165, 1.54) is 0 Å². The summed E-state index contributed by atoms with van der Waals surface area (Å²) in [6.07, 6.45) is 1.72. The Bertz CT molecular complexity index is 489. The Morgan fingerprint density at radius 3 is 2.95 bits per heavy atom. The molecule has 1 heterocycles. The van der Waals surface area contributed by atoms with Gasteiger partial charge in [0.2, 0.25) is 0 Å². The lowest BCUT2D eigenvalue weighted by atomic mass is 10.1. The molecule has 21 heavy (non-hydrogen) atoms. The molecular formula is C16H23NO4. The van der Waals surface area contributed by atoms with Crippen molar-refractivity contribution in [1.82, 2.24) is 4.90 Å². The van der Waals surface area contributed by atoms with E-state index in [0.717, 1.165) is 24.9 Å². The number of carbonyl (C=O) groups excluding carboxylic acids is 1. The van der Waals surface area contributed by atoms with Crippen molar-refractivity contribution in [1.29, 1.82) is 0 Å². The zero-order chi connectivity index (χ0) is 15.2. The second kappa shape index (κ2) is 7.31. The molecule has 0 aliphatic carbocycles. The fraction of sp³-hybridized carbons (Fsp3) is 0.562. The first-order valence-corrected chi connectivity index (χ1v) is 7.30. The van der Waals surface area contributed by atoms with Gasteiger partial charge in [0.15, 0.2) is 18.1 Å². The number of carbonyl (C=O) groups is 1. The van der Waals surface area contributed by atoms with Crippen LogP contribution in [0.2, 0.25) is 0 Å². The second-order valence-electron chi connectivity index (χ2n) is 5.45. The van der Waals surface area contributed by atoms with Gasteiger partial charge >= 0.3 is 0 Å². The topological polar surface area (TPSA) is 59.0 Å². The Morgan fingerprint density at radius 2 is 2.24 bits per heavy atom. The molecule has 1 saturated heterocycles. The highest BCUT2D eigenvalue weighted by molar-refractivity contribution is 5.78. The molecule has 2 rings (SSSR count). The van der Waals surface area contributed by atoms with Gasteiger partial charge in [0.1, 0.15) is 0 Å². The number of methoxy groups -OCH3 is 1. The molecule has 1 atom stereocenters. The Kier molecular flexibility index (Phi) is 5.44. The third-order valence-electron chi connectivity index (χ3n) is 3.85. The number of aliphatic hydroxyl groups excluding tert-OH is 1. The first-order chi connectivity index (χ1) is 10.1. The number of hydrogen-bond donors (Lipinski definition) is 1. The third kappa shape index (κ3) is 4.11. The van der Waals surface area contributed by atoms with Crippen LogP contribution in [0.5, 0.6) is 11.5 Å². The number of hydrogen-bond acceptors (Lipinski definition) is 4. The molecule has 1 N–H and O–H groups in total. The van der Waals surface area contributed by atoms with Gasteiger partial charge in [-0.1, -0.05) is 6.07 Å². The summed E-state index contributed by atoms with van der Waals surface area (Å²) in [4.78, 5) is 13.9. The molecule has 1 aliphatic rings. The lowest BCUT2D eigenvalue weighted by molar-refractivity contribution is -0.132. The molecule has 116 valence electrons. The van der Waals surface area contributed by atoms with Gasteiger partial charge in [0.05, 0.1) is 7.11 Å². The van der Waals surface area contributed by atoms with Crippen LogP contribution in [0.4, 0.5) is 0 Å². The van der Waals surface area contributed by atoms with Gasteiger partial charge in [-0.25, -0.2) is 0 Å². The fourth-order valence-corrected chi connectivity index (χ4v) is 2.60. The number of amides is 1. The maximum Gasteiger partial charge on any atom is 0.260 e. The van der Waals surface area contributed by atoms with Gasteiger partial charge in [-0.2, -0.15) is 0 Å². The monoisotopic (exact) mass is 293 g/mol. The number of likely N-dealkylation sites (tertiary alicyclic amines) is 1. The predicted molar refractivity (Wildman–Crippen MR) is 79.6 cm³/mol. The summed E-state index contributed by atoms with van der Waals surface area (Å²) < 4.78 is 10.8. The van der Waals surface area contributed by atoms with Crippen molar-refractivity contribution in [2.24, 2.45) is 5.92 Å². The van der Waals surface area contributed by atoms with Crippen molar-refractivity contribution in [3.63, 3.8) is 0 Å². The van der Waals surface area contributed by atoms with Crippen LogP contribution >= 0.6 is 0 Å². The van der Waals surface area contributed by atoms with Crippen LogP contribution in [-0.4, -0.2) is 49.3 Å². The molecule has 1 fully saturated rings. The number of rotatable bonds is 6. The highest BCUT2D eigenvalue weighted by Gasteiger charge is 2.26. The van der Waals surface area contributed by atoms with E-state index in [4.69, 9.17) is 14.6 Å². The predicted octanol–water partition coefficient (Wildman–Crippen LogP) is 1.61. The molecule has 0 saturated carbocycles. The van der Waals surface area contributed by atoms with Crippen LogP contribution in [0.1, 0.15) is 18.4 Å². The largest absolute Gasteiger partial charge is 0.493 e. The van der Waals surface area contributed by atoms with E-state index in [9.17, 15) is 4.79 Å². The van der Waals surface area contributed by atoms with Crippen molar-refractivity contribution < 1.29 is 19.4 Å². The Hall–Kier alpha value is -1.75. The zero-order valence-electron chi connectivity index (χ0n) is 12.7. The lowest BCUT2D eigenvalue weighted by Gasteiger charge is -2.17. The minimum atomic E-state index is -0.0157. The maximum absolute atomic E-state index is 12.1. The van der Waals surface area contributed by atoms with Gasteiger partial charge < -0.3 is 19.5 Å². The van der Waals surface area contributed by atoms with Crippen molar-refractivity contribution in [2.45, 2.75) is 19.8 Å². The van der Waals surface area contributed by atoms with E-state index in [2.05, 4.69) is 0 Å². The van der Waals surface area contributed by atoms with Gasteiger partial charge in [0, 0.05) is 19.7 Å². The van der Waals surface area contributed by atoms with Gasteiger partial charge in [-0.3, -0.25) is 4.79 Å². The number of benzene rings is 1. The number of aryl methyl sites for hydroxylation is 1. The molecule has 5 heteroatoms. The molecule has 0 aromatic heterocycles. The molecular weight excluding hydrogens is 270 g/mol. The average Bonchev–Trinajstić information content (AvgIpc) is 2.94. The van der Waals surface area contributed by atoms with Crippen molar-refractivity contribution >= 4 is 5.91 Å². The van der Waals surface area contributed by atoms with Crippen molar-refractivity contribution in [2.75, 3.05) is 33.4 Å². The smallest absolute Gasteiger partial charge is 0.260 e. The number of aliphatic hydroxyl groups is 1. The minimum Gasteiger partial charge on any atom is -0.493 e. The van der Waals surface area contributed by atoms with E-state index >= 15 is 0 Å². The summed E-state index contributed by atoms with van der Waals surface area (Å²) in [5, 5.41) is 8.94. The summed E-state index contributed by atoms with van der Waals surface area (Å²) in [6.45, 7) is 3.64. The highest BCUT2D eigenvalue weighted by atomic mass is 16.5. The summed E-state index contributed by atoms with van der Waals surface area (Å²) in [6, 6.07) is 5.63. The Morgan fingerprint density at radius 1 is 1.43 bits per heavy atom. The quantitative estimate of drug-likeness (QED) is 0.866. The molecule has 1 aromatic carbocycles. The summed E-state index contributed by atoms with van der Waals surface area (Å²) in [5.41, 5.74) is 1.08. The Labute approximate surface area is 125 Å². The SMILES string of the molecule is COc1cc(C)ccc1OCC(=O)N1CCC(CCO)C1. The molecule has 1 amide bonds. The van der Waals surface area contributed by atoms with Crippen LogP contribution in [0, 0.1) is 12.8 Å². The average molecular weight is 293 g/mol. The van der Waals surface area contributed by atoms with Crippen LogP contribution in [0.3, 0.4) is 0 Å². The molecule has 0 radical (unpaired) electrons.